The Hall–Kier alpha value is -0.120. The third-order valence-corrected chi connectivity index (χ3v) is 1.80. The van der Waals surface area contributed by atoms with Crippen molar-refractivity contribution in [3.63, 3.8) is 0 Å². The van der Waals surface area contributed by atoms with Crippen LogP contribution in [0.25, 0.3) is 0 Å². The first-order chi connectivity index (χ1) is 4.93. The Kier molecular flexibility index (Phi) is 3.72. The third kappa shape index (κ3) is 2.64. The first kappa shape index (κ1) is 7.98. The predicted molar refractivity (Wildman–Crippen MR) is 43.2 cm³/mol. The van der Waals surface area contributed by atoms with Crippen LogP contribution < -0.4 is 16.0 Å². The summed E-state index contributed by atoms with van der Waals surface area (Å²) in [5.74, 6) is 0. The number of rotatable bonds is 2. The summed E-state index contributed by atoms with van der Waals surface area (Å²) >= 11 is 0. The van der Waals surface area contributed by atoms with Crippen molar-refractivity contribution in [2.45, 2.75) is 12.5 Å². The fraction of sp³-hybridized carbons (Fsp3) is 1.00. The molecular formula is C7H17N3. The van der Waals surface area contributed by atoms with Gasteiger partial charge in [0.05, 0.1) is 0 Å². The van der Waals surface area contributed by atoms with Gasteiger partial charge in [0.15, 0.2) is 0 Å². The Morgan fingerprint density at radius 2 is 2.40 bits per heavy atom. The molecule has 1 atom stereocenters. The predicted octanol–water partition coefficient (Wildman–Crippen LogP) is -0.843. The molecule has 3 heteroatoms. The first-order valence-corrected chi connectivity index (χ1v) is 4.02. The van der Waals surface area contributed by atoms with Crippen molar-refractivity contribution in [1.29, 1.82) is 0 Å². The zero-order valence-corrected chi connectivity index (χ0v) is 6.61. The summed E-state index contributed by atoms with van der Waals surface area (Å²) in [7, 11) is 1.99. The van der Waals surface area contributed by atoms with E-state index >= 15 is 0 Å². The van der Waals surface area contributed by atoms with Crippen molar-refractivity contribution in [2.75, 3.05) is 33.2 Å². The molecule has 3 nitrogen and oxygen atoms in total. The van der Waals surface area contributed by atoms with E-state index in [-0.39, 0.29) is 0 Å². The number of nitrogens with one attached hydrogen (secondary N) is 3. The van der Waals surface area contributed by atoms with Crippen LogP contribution >= 0.6 is 0 Å². The van der Waals surface area contributed by atoms with Gasteiger partial charge in [-0.3, -0.25) is 0 Å². The second-order valence-electron chi connectivity index (χ2n) is 2.77. The van der Waals surface area contributed by atoms with E-state index in [2.05, 4.69) is 16.0 Å². The largest absolute Gasteiger partial charge is 0.318 e. The summed E-state index contributed by atoms with van der Waals surface area (Å²) in [6, 6.07) is 0.618. The van der Waals surface area contributed by atoms with Gasteiger partial charge < -0.3 is 16.0 Å². The van der Waals surface area contributed by atoms with Crippen LogP contribution in [0, 0.1) is 0 Å². The Morgan fingerprint density at radius 1 is 1.50 bits per heavy atom. The fourth-order valence-corrected chi connectivity index (χ4v) is 1.26. The lowest BCUT2D eigenvalue weighted by Crippen LogP contribution is -2.42. The highest BCUT2D eigenvalue weighted by Gasteiger charge is 2.08. The summed E-state index contributed by atoms with van der Waals surface area (Å²) in [5, 5.41) is 10.00. The number of hydrogen-bond donors (Lipinski definition) is 3. The van der Waals surface area contributed by atoms with Crippen molar-refractivity contribution in [3.8, 4) is 0 Å². The standard InChI is InChI=1S/C7H17N3/c1-8-5-7-6-9-3-2-4-10-7/h7-10H,2-6H2,1H3. The smallest absolute Gasteiger partial charge is 0.0317 e. The van der Waals surface area contributed by atoms with Crippen molar-refractivity contribution in [1.82, 2.24) is 16.0 Å². The van der Waals surface area contributed by atoms with Gasteiger partial charge >= 0.3 is 0 Å². The van der Waals surface area contributed by atoms with Crippen molar-refractivity contribution in [3.05, 3.63) is 0 Å². The molecule has 0 amide bonds. The molecule has 0 aromatic rings. The average molecular weight is 143 g/mol. The fourth-order valence-electron chi connectivity index (χ4n) is 1.26. The molecule has 0 bridgehead atoms. The van der Waals surface area contributed by atoms with Gasteiger partial charge in [-0.05, 0) is 26.6 Å². The number of hydrogen-bond acceptors (Lipinski definition) is 3. The molecule has 0 saturated carbocycles. The van der Waals surface area contributed by atoms with Crippen LogP contribution in [0.4, 0.5) is 0 Å². The van der Waals surface area contributed by atoms with E-state index in [0.717, 1.165) is 26.2 Å². The van der Waals surface area contributed by atoms with Crippen molar-refractivity contribution >= 4 is 0 Å². The molecule has 60 valence electrons. The molecule has 0 aromatic heterocycles. The minimum absolute atomic E-state index is 0.618. The lowest BCUT2D eigenvalue weighted by atomic mass is 10.3. The number of likely N-dealkylation sites (N-methyl/N-ethyl adjacent to an activating group) is 1. The molecule has 1 unspecified atom stereocenters. The zero-order chi connectivity index (χ0) is 7.23. The average Bonchev–Trinajstić information content (AvgIpc) is 2.17. The van der Waals surface area contributed by atoms with Gasteiger partial charge in [-0.2, -0.15) is 0 Å². The van der Waals surface area contributed by atoms with E-state index in [1.807, 2.05) is 7.05 Å². The van der Waals surface area contributed by atoms with E-state index in [0.29, 0.717) is 6.04 Å². The molecule has 10 heavy (non-hydrogen) atoms. The van der Waals surface area contributed by atoms with E-state index in [1.54, 1.807) is 0 Å². The Balaban J connectivity index is 2.15. The summed E-state index contributed by atoms with van der Waals surface area (Å²) in [6.07, 6.45) is 1.25. The second-order valence-corrected chi connectivity index (χ2v) is 2.77. The zero-order valence-electron chi connectivity index (χ0n) is 6.61. The highest BCUT2D eigenvalue weighted by Crippen LogP contribution is 1.86. The Morgan fingerprint density at radius 3 is 3.20 bits per heavy atom. The van der Waals surface area contributed by atoms with Gasteiger partial charge in [0.25, 0.3) is 0 Å². The highest BCUT2D eigenvalue weighted by molar-refractivity contribution is 4.74. The molecule has 1 heterocycles. The monoisotopic (exact) mass is 143 g/mol. The van der Waals surface area contributed by atoms with Gasteiger partial charge in [-0.1, -0.05) is 0 Å². The van der Waals surface area contributed by atoms with Gasteiger partial charge in [0, 0.05) is 19.1 Å². The van der Waals surface area contributed by atoms with Crippen LogP contribution in [0.15, 0.2) is 0 Å². The normalized spacial score (nSPS) is 27.9. The van der Waals surface area contributed by atoms with Gasteiger partial charge in [-0.25, -0.2) is 0 Å². The SMILES string of the molecule is CNCC1CNCCCN1. The Labute approximate surface area is 62.6 Å². The van der Waals surface area contributed by atoms with Crippen LogP contribution in [-0.2, 0) is 0 Å². The third-order valence-electron chi connectivity index (χ3n) is 1.80. The van der Waals surface area contributed by atoms with E-state index < -0.39 is 0 Å². The summed E-state index contributed by atoms with van der Waals surface area (Å²) < 4.78 is 0. The van der Waals surface area contributed by atoms with Gasteiger partial charge in [0.2, 0.25) is 0 Å². The topological polar surface area (TPSA) is 36.1 Å². The van der Waals surface area contributed by atoms with Gasteiger partial charge in [0.1, 0.15) is 0 Å². The molecule has 1 fully saturated rings. The molecule has 1 aliphatic heterocycles. The van der Waals surface area contributed by atoms with Crippen LogP contribution in [-0.4, -0.2) is 39.3 Å². The first-order valence-electron chi connectivity index (χ1n) is 4.02. The maximum atomic E-state index is 3.46. The molecule has 0 aromatic carbocycles. The minimum Gasteiger partial charge on any atom is -0.318 e. The Bertz CT molecular complexity index is 76.9. The molecule has 1 rings (SSSR count). The maximum Gasteiger partial charge on any atom is 0.0317 e. The van der Waals surface area contributed by atoms with Crippen molar-refractivity contribution in [2.24, 2.45) is 0 Å². The van der Waals surface area contributed by atoms with Crippen LogP contribution in [0.5, 0.6) is 0 Å². The lowest BCUT2D eigenvalue weighted by molar-refractivity contribution is 0.504. The van der Waals surface area contributed by atoms with E-state index in [9.17, 15) is 0 Å². The summed E-state index contributed by atoms with van der Waals surface area (Å²) in [5.41, 5.74) is 0. The molecule has 1 saturated heterocycles. The highest BCUT2D eigenvalue weighted by atomic mass is 15.0. The minimum atomic E-state index is 0.618. The summed E-state index contributed by atoms with van der Waals surface area (Å²) in [6.45, 7) is 4.47. The molecule has 0 aliphatic carbocycles. The van der Waals surface area contributed by atoms with Crippen LogP contribution in [0.1, 0.15) is 6.42 Å². The molecule has 1 aliphatic rings. The van der Waals surface area contributed by atoms with E-state index in [4.69, 9.17) is 0 Å². The van der Waals surface area contributed by atoms with Crippen LogP contribution in [0.2, 0.25) is 0 Å². The molecular weight excluding hydrogens is 126 g/mol. The summed E-state index contributed by atoms with van der Waals surface area (Å²) in [4.78, 5) is 0. The van der Waals surface area contributed by atoms with Gasteiger partial charge in [-0.15, -0.1) is 0 Å². The maximum absolute atomic E-state index is 3.46. The lowest BCUT2D eigenvalue weighted by Gasteiger charge is -2.14. The second kappa shape index (κ2) is 4.66. The molecule has 0 radical (unpaired) electrons. The van der Waals surface area contributed by atoms with Crippen LogP contribution in [0.3, 0.4) is 0 Å². The molecule has 0 spiro atoms. The van der Waals surface area contributed by atoms with E-state index in [1.165, 1.54) is 6.42 Å². The molecule has 3 N–H and O–H groups in total. The van der Waals surface area contributed by atoms with Crippen molar-refractivity contribution < 1.29 is 0 Å². The quantitative estimate of drug-likeness (QED) is 0.471.